The fraction of sp³-hybridized carbons (Fsp3) is 0.200. The fourth-order valence-electron chi connectivity index (χ4n) is 2.41. The lowest BCUT2D eigenvalue weighted by Gasteiger charge is -2.09. The van der Waals surface area contributed by atoms with Crippen LogP contribution in [0.5, 0.6) is 0 Å². The van der Waals surface area contributed by atoms with Crippen molar-refractivity contribution >= 4 is 27.8 Å². The minimum Gasteiger partial charge on any atom is -0.464 e. The Bertz CT molecular complexity index is 825. The smallest absolute Gasteiger partial charge is 0.356 e. The van der Waals surface area contributed by atoms with E-state index in [1.807, 2.05) is 24.3 Å². The Morgan fingerprint density at radius 1 is 1.38 bits per heavy atom. The number of H-pyrrole nitrogens is 1. The van der Waals surface area contributed by atoms with Gasteiger partial charge in [-0.25, -0.2) is 9.78 Å². The van der Waals surface area contributed by atoms with Crippen LogP contribution in [-0.2, 0) is 4.74 Å². The predicted molar refractivity (Wildman–Crippen MR) is 77.0 cm³/mol. The van der Waals surface area contributed by atoms with Crippen LogP contribution in [0, 0.1) is 0 Å². The van der Waals surface area contributed by atoms with Crippen LogP contribution in [0.4, 0.5) is 0 Å². The Morgan fingerprint density at radius 2 is 2.14 bits per heavy atom. The molecule has 0 saturated heterocycles. The van der Waals surface area contributed by atoms with Crippen molar-refractivity contribution in [2.45, 2.75) is 6.10 Å². The largest absolute Gasteiger partial charge is 0.464 e. The molecule has 21 heavy (non-hydrogen) atoms. The van der Waals surface area contributed by atoms with E-state index < -0.39 is 18.7 Å². The third-order valence-electron chi connectivity index (χ3n) is 3.41. The number of methoxy groups -OCH3 is 1. The van der Waals surface area contributed by atoms with Gasteiger partial charge >= 0.3 is 5.97 Å². The number of para-hydroxylation sites is 1. The molecule has 0 unspecified atom stereocenters. The zero-order valence-corrected chi connectivity index (χ0v) is 11.3. The number of nitrogens with zero attached hydrogens (tertiary/aromatic N) is 1. The van der Waals surface area contributed by atoms with Crippen molar-refractivity contribution in [3.05, 3.63) is 41.7 Å². The number of aromatic nitrogens is 2. The third kappa shape index (κ3) is 2.14. The van der Waals surface area contributed by atoms with Gasteiger partial charge in [0, 0.05) is 16.3 Å². The quantitative estimate of drug-likeness (QED) is 0.635. The minimum absolute atomic E-state index is 0.0947. The second-order valence-electron chi connectivity index (χ2n) is 4.68. The number of aromatic amines is 1. The van der Waals surface area contributed by atoms with Gasteiger partial charge in [-0.2, -0.15) is 0 Å². The minimum atomic E-state index is -1.18. The molecular weight excluding hydrogens is 272 g/mol. The molecule has 2 heterocycles. The molecule has 3 N–H and O–H groups in total. The third-order valence-corrected chi connectivity index (χ3v) is 3.41. The number of ether oxygens (including phenoxy) is 1. The summed E-state index contributed by atoms with van der Waals surface area (Å²) in [5.74, 6) is -0.589. The molecule has 3 rings (SSSR count). The molecular formula is C15H14N2O4. The van der Waals surface area contributed by atoms with Gasteiger partial charge < -0.3 is 19.9 Å². The molecule has 0 amide bonds. The van der Waals surface area contributed by atoms with E-state index in [-0.39, 0.29) is 11.4 Å². The topological polar surface area (TPSA) is 95.4 Å². The number of esters is 1. The molecule has 0 radical (unpaired) electrons. The van der Waals surface area contributed by atoms with Crippen LogP contribution >= 0.6 is 0 Å². The number of rotatable bonds is 3. The highest BCUT2D eigenvalue weighted by Crippen LogP contribution is 2.30. The Hall–Kier alpha value is -2.44. The summed E-state index contributed by atoms with van der Waals surface area (Å²) in [6.07, 6.45) is -1.18. The summed E-state index contributed by atoms with van der Waals surface area (Å²) >= 11 is 0. The van der Waals surface area contributed by atoms with Gasteiger partial charge in [-0.3, -0.25) is 0 Å². The van der Waals surface area contributed by atoms with Gasteiger partial charge in [0.05, 0.1) is 24.9 Å². The number of pyridine rings is 1. The van der Waals surface area contributed by atoms with Gasteiger partial charge in [0.15, 0.2) is 0 Å². The Morgan fingerprint density at radius 3 is 2.86 bits per heavy atom. The summed E-state index contributed by atoms with van der Waals surface area (Å²) in [6, 6.07) is 9.19. The van der Waals surface area contributed by atoms with Crippen LogP contribution in [0.1, 0.15) is 22.3 Å². The molecule has 108 valence electrons. The lowest BCUT2D eigenvalue weighted by atomic mass is 10.1. The molecule has 3 aromatic rings. The molecule has 0 aliphatic rings. The van der Waals surface area contributed by atoms with Gasteiger partial charge in [-0.15, -0.1) is 0 Å². The van der Waals surface area contributed by atoms with E-state index in [4.69, 9.17) is 0 Å². The number of aliphatic hydroxyl groups excluding tert-OH is 2. The van der Waals surface area contributed by atoms with E-state index in [0.717, 1.165) is 16.3 Å². The van der Waals surface area contributed by atoms with Crippen molar-refractivity contribution in [3.8, 4) is 0 Å². The molecule has 1 atom stereocenters. The highest BCUT2D eigenvalue weighted by molar-refractivity contribution is 6.09. The summed E-state index contributed by atoms with van der Waals surface area (Å²) < 4.78 is 4.69. The van der Waals surface area contributed by atoms with Crippen molar-refractivity contribution in [2.24, 2.45) is 0 Å². The van der Waals surface area contributed by atoms with Crippen molar-refractivity contribution < 1.29 is 19.7 Å². The summed E-state index contributed by atoms with van der Waals surface area (Å²) in [5, 5.41) is 20.8. The number of benzene rings is 1. The standard InChI is InChI=1S/C15H14N2O4/c1-21-15(20)11-6-9-8-4-2-3-5-10(8)16-13(9)14(17-11)12(19)7-18/h2-6,12,16,18-19H,7H2,1H3/t12-/m1/s1. The monoisotopic (exact) mass is 286 g/mol. The van der Waals surface area contributed by atoms with Gasteiger partial charge in [0.25, 0.3) is 0 Å². The summed E-state index contributed by atoms with van der Waals surface area (Å²) in [7, 11) is 1.27. The Kier molecular flexibility index (Phi) is 3.32. The average Bonchev–Trinajstić information content (AvgIpc) is 2.91. The van der Waals surface area contributed by atoms with Gasteiger partial charge in [0.2, 0.25) is 0 Å². The summed E-state index contributed by atoms with van der Waals surface area (Å²) in [5.41, 5.74) is 1.79. The predicted octanol–water partition coefficient (Wildman–Crippen LogP) is 1.53. The van der Waals surface area contributed by atoms with Gasteiger partial charge in [0.1, 0.15) is 11.8 Å². The number of hydrogen-bond donors (Lipinski definition) is 3. The molecule has 6 nitrogen and oxygen atoms in total. The number of carbonyl (C=O) groups is 1. The first kappa shape index (κ1) is 13.5. The number of fused-ring (bicyclic) bond motifs is 3. The van der Waals surface area contributed by atoms with E-state index in [9.17, 15) is 15.0 Å². The summed E-state index contributed by atoms with van der Waals surface area (Å²) in [4.78, 5) is 19.0. The number of hydrogen-bond acceptors (Lipinski definition) is 5. The first-order chi connectivity index (χ1) is 10.2. The normalized spacial score (nSPS) is 12.7. The van der Waals surface area contributed by atoms with E-state index in [2.05, 4.69) is 14.7 Å². The molecule has 0 spiro atoms. The fourth-order valence-corrected chi connectivity index (χ4v) is 2.41. The van der Waals surface area contributed by atoms with E-state index >= 15 is 0 Å². The zero-order valence-electron chi connectivity index (χ0n) is 11.3. The maximum atomic E-state index is 11.7. The van der Waals surface area contributed by atoms with Crippen molar-refractivity contribution in [2.75, 3.05) is 13.7 Å². The SMILES string of the molecule is COC(=O)c1cc2c([nH]c3ccccc32)c([C@H](O)CO)n1. The maximum Gasteiger partial charge on any atom is 0.356 e. The molecule has 0 aliphatic heterocycles. The van der Waals surface area contributed by atoms with Gasteiger partial charge in [-0.05, 0) is 12.1 Å². The van der Waals surface area contributed by atoms with E-state index in [1.165, 1.54) is 7.11 Å². The van der Waals surface area contributed by atoms with Crippen LogP contribution in [0.15, 0.2) is 30.3 Å². The number of nitrogens with one attached hydrogen (secondary N) is 1. The zero-order chi connectivity index (χ0) is 15.0. The Balaban J connectivity index is 2.39. The van der Waals surface area contributed by atoms with Crippen molar-refractivity contribution in [1.82, 2.24) is 9.97 Å². The molecule has 0 fully saturated rings. The highest BCUT2D eigenvalue weighted by Gasteiger charge is 2.20. The first-order valence-electron chi connectivity index (χ1n) is 6.44. The lowest BCUT2D eigenvalue weighted by molar-refractivity contribution is 0.0590. The molecule has 0 saturated carbocycles. The molecule has 1 aromatic carbocycles. The van der Waals surface area contributed by atoms with Crippen molar-refractivity contribution in [3.63, 3.8) is 0 Å². The second-order valence-corrected chi connectivity index (χ2v) is 4.68. The molecule has 0 aliphatic carbocycles. The van der Waals surface area contributed by atoms with Crippen LogP contribution in [-0.4, -0.2) is 39.9 Å². The van der Waals surface area contributed by atoms with Crippen molar-refractivity contribution in [1.29, 1.82) is 0 Å². The average molecular weight is 286 g/mol. The molecule has 2 aromatic heterocycles. The lowest BCUT2D eigenvalue weighted by Crippen LogP contribution is -2.11. The van der Waals surface area contributed by atoms with Gasteiger partial charge in [-0.1, -0.05) is 18.2 Å². The first-order valence-corrected chi connectivity index (χ1v) is 6.44. The second kappa shape index (κ2) is 5.16. The number of aliphatic hydroxyl groups is 2. The molecule has 0 bridgehead atoms. The Labute approximate surface area is 120 Å². The maximum absolute atomic E-state index is 11.7. The highest BCUT2D eigenvalue weighted by atomic mass is 16.5. The van der Waals surface area contributed by atoms with Crippen LogP contribution < -0.4 is 0 Å². The van der Waals surface area contributed by atoms with Crippen LogP contribution in [0.2, 0.25) is 0 Å². The van der Waals surface area contributed by atoms with Crippen LogP contribution in [0.3, 0.4) is 0 Å². The summed E-state index contributed by atoms with van der Waals surface area (Å²) in [6.45, 7) is -0.484. The van der Waals surface area contributed by atoms with E-state index in [0.29, 0.717) is 5.52 Å². The molecule has 6 heteroatoms. The number of carbonyl (C=O) groups excluding carboxylic acids is 1. The van der Waals surface area contributed by atoms with E-state index in [1.54, 1.807) is 6.07 Å². The van der Waals surface area contributed by atoms with Crippen LogP contribution in [0.25, 0.3) is 21.8 Å².